The van der Waals surface area contributed by atoms with Crippen molar-refractivity contribution in [2.24, 2.45) is 0 Å². The predicted octanol–water partition coefficient (Wildman–Crippen LogP) is 1.64. The van der Waals surface area contributed by atoms with Gasteiger partial charge in [-0.3, -0.25) is 9.59 Å². The molecule has 0 spiro atoms. The third kappa shape index (κ3) is 7.81. The molecule has 0 aromatic carbocycles. The Morgan fingerprint density at radius 3 is 2.17 bits per heavy atom. The average molecular weight is 206 g/mol. The fourth-order valence-corrected chi connectivity index (χ4v) is 3.56. The highest BCUT2D eigenvalue weighted by atomic mass is 32.4. The maximum atomic E-state index is 11.1. The van der Waals surface area contributed by atoms with Crippen LogP contribution in [0.2, 0.25) is 19.6 Å². The van der Waals surface area contributed by atoms with E-state index in [1.54, 1.807) is 0 Å². The average Bonchev–Trinajstić information content (AvgIpc) is 1.79. The van der Waals surface area contributed by atoms with Crippen molar-refractivity contribution in [1.82, 2.24) is 0 Å². The van der Waals surface area contributed by atoms with Gasteiger partial charge in [0.1, 0.15) is 7.22 Å². The standard InChI is InChI=1S/C7H14O3SSi/c1-6(8)10-5-7(9)11-12(2,3)4/h5H2,1-4H3. The number of rotatable bonds is 3. The lowest BCUT2D eigenvalue weighted by atomic mass is 10.7. The van der Waals surface area contributed by atoms with E-state index in [2.05, 4.69) is 24.4 Å². The summed E-state index contributed by atoms with van der Waals surface area (Å²) in [5.41, 5.74) is 0. The molecular weight excluding hydrogens is 192 g/mol. The summed E-state index contributed by atoms with van der Waals surface area (Å²) in [6.07, 6.45) is 0. The molecule has 0 rings (SSSR count). The minimum Gasteiger partial charge on any atom is -0.457 e. The van der Waals surface area contributed by atoms with Gasteiger partial charge in [-0.25, -0.2) is 0 Å². The molecule has 0 aromatic heterocycles. The summed E-state index contributed by atoms with van der Waals surface area (Å²) in [5.74, 6) is -0.403. The molecule has 0 atom stereocenters. The lowest BCUT2D eigenvalue weighted by molar-refractivity contribution is -0.143. The van der Waals surface area contributed by atoms with Crippen LogP contribution in [0.3, 0.4) is 0 Å². The van der Waals surface area contributed by atoms with Gasteiger partial charge in [-0.1, -0.05) is 19.6 Å². The zero-order chi connectivity index (χ0) is 9.78. The topological polar surface area (TPSA) is 43.4 Å². The number of hydrogen-bond donors (Lipinski definition) is 0. The van der Waals surface area contributed by atoms with Crippen molar-refractivity contribution in [3.05, 3.63) is 0 Å². The summed E-state index contributed by atoms with van der Waals surface area (Å²) >= 11 is 1.32. The van der Waals surface area contributed by atoms with Gasteiger partial charge in [0.05, 0.1) is 0 Å². The van der Waals surface area contributed by atoms with Gasteiger partial charge in [-0.15, -0.1) is 11.2 Å². The van der Waals surface area contributed by atoms with Crippen LogP contribution < -0.4 is 0 Å². The summed E-state index contributed by atoms with van der Waals surface area (Å²) in [6.45, 7) is 7.42. The molecule has 0 saturated carbocycles. The van der Waals surface area contributed by atoms with Crippen LogP contribution in [0.25, 0.3) is 0 Å². The highest BCUT2D eigenvalue weighted by Crippen LogP contribution is 2.19. The van der Waals surface area contributed by atoms with E-state index in [1.165, 1.54) is 18.1 Å². The van der Waals surface area contributed by atoms with Gasteiger partial charge in [-0.05, 0) is 0 Å². The van der Waals surface area contributed by atoms with Crippen LogP contribution in [-0.4, -0.2) is 24.9 Å². The van der Waals surface area contributed by atoms with E-state index in [1.807, 2.05) is 0 Å². The molecule has 0 radical (unpaired) electrons. The predicted molar refractivity (Wildman–Crippen MR) is 52.6 cm³/mol. The van der Waals surface area contributed by atoms with Gasteiger partial charge in [0.25, 0.3) is 0 Å². The molecule has 0 amide bonds. The third-order valence-electron chi connectivity index (χ3n) is 0.813. The maximum absolute atomic E-state index is 11.1. The Labute approximate surface area is 77.5 Å². The number of ether oxygens (including phenoxy) is 1. The zero-order valence-electron chi connectivity index (χ0n) is 7.84. The minimum atomic E-state index is -1.42. The first-order chi connectivity index (χ1) is 5.31. The molecule has 5 heteroatoms. The summed E-state index contributed by atoms with van der Waals surface area (Å²) in [4.78, 5) is 21.4. The molecule has 0 aliphatic carbocycles. The van der Waals surface area contributed by atoms with Crippen LogP contribution in [0.1, 0.15) is 6.92 Å². The van der Waals surface area contributed by atoms with Gasteiger partial charge in [0.2, 0.25) is 5.12 Å². The van der Waals surface area contributed by atoms with E-state index >= 15 is 0 Å². The van der Waals surface area contributed by atoms with Crippen molar-refractivity contribution in [3.8, 4) is 0 Å². The van der Waals surface area contributed by atoms with Crippen molar-refractivity contribution >= 4 is 29.5 Å². The Bertz CT molecular complexity index is 186. The summed E-state index contributed by atoms with van der Waals surface area (Å²) < 4.78 is 4.56. The fourth-order valence-electron chi connectivity index (χ4n) is 0.532. The van der Waals surface area contributed by atoms with Crippen LogP contribution in [-0.2, 0) is 14.3 Å². The van der Waals surface area contributed by atoms with E-state index in [4.69, 9.17) is 0 Å². The lowest BCUT2D eigenvalue weighted by Crippen LogP contribution is -2.20. The lowest BCUT2D eigenvalue weighted by Gasteiger charge is -2.12. The summed E-state index contributed by atoms with van der Waals surface area (Å²) in [5, 5.41) is -0.0515. The molecule has 0 heterocycles. The molecule has 0 aliphatic rings. The second kappa shape index (κ2) is 4.66. The van der Waals surface area contributed by atoms with E-state index in [-0.39, 0.29) is 11.7 Å². The van der Waals surface area contributed by atoms with E-state index < -0.39 is 13.2 Å². The summed E-state index contributed by atoms with van der Waals surface area (Å²) in [6, 6.07) is 0. The van der Waals surface area contributed by atoms with Crippen molar-refractivity contribution in [2.75, 3.05) is 6.61 Å². The number of carbonyl (C=O) groups is 2. The van der Waals surface area contributed by atoms with E-state index in [0.29, 0.717) is 0 Å². The molecule has 0 fully saturated rings. The maximum Gasteiger partial charge on any atom is 0.303 e. The van der Waals surface area contributed by atoms with Gasteiger partial charge >= 0.3 is 5.97 Å². The molecule has 0 aromatic rings. The van der Waals surface area contributed by atoms with Crippen LogP contribution in [0, 0.1) is 0 Å². The second-order valence-electron chi connectivity index (χ2n) is 3.37. The smallest absolute Gasteiger partial charge is 0.303 e. The normalized spacial score (nSPS) is 11.0. The molecular formula is C7H14O3SSi. The Kier molecular flexibility index (Phi) is 4.55. The first kappa shape index (κ1) is 11.7. The second-order valence-corrected chi connectivity index (χ2v) is 12.5. The Hall–Kier alpha value is -0.293. The fraction of sp³-hybridized carbons (Fsp3) is 0.714. The SMILES string of the molecule is CC(=O)OCC(=O)S[Si](C)(C)C. The molecule has 3 nitrogen and oxygen atoms in total. The molecule has 0 aliphatic heterocycles. The zero-order valence-corrected chi connectivity index (χ0v) is 9.66. The van der Waals surface area contributed by atoms with E-state index in [9.17, 15) is 9.59 Å². The minimum absolute atomic E-state index is 0.0515. The highest BCUT2D eigenvalue weighted by molar-refractivity contribution is 8.39. The first-order valence-corrected chi connectivity index (χ1v) is 8.70. The summed E-state index contributed by atoms with van der Waals surface area (Å²) in [7, 11) is -1.42. The number of hydrogen-bond acceptors (Lipinski definition) is 4. The van der Waals surface area contributed by atoms with Gasteiger partial charge in [0.15, 0.2) is 6.61 Å². The van der Waals surface area contributed by atoms with Crippen LogP contribution in [0.4, 0.5) is 0 Å². The van der Waals surface area contributed by atoms with Crippen molar-refractivity contribution in [3.63, 3.8) is 0 Å². The van der Waals surface area contributed by atoms with Gasteiger partial charge in [0, 0.05) is 6.92 Å². The van der Waals surface area contributed by atoms with Crippen molar-refractivity contribution < 1.29 is 14.3 Å². The Morgan fingerprint density at radius 2 is 1.83 bits per heavy atom. The van der Waals surface area contributed by atoms with Gasteiger partial charge < -0.3 is 4.74 Å². The third-order valence-corrected chi connectivity index (χ3v) is 4.29. The Morgan fingerprint density at radius 1 is 1.33 bits per heavy atom. The molecule has 0 unspecified atom stereocenters. The molecule has 70 valence electrons. The molecule has 12 heavy (non-hydrogen) atoms. The highest BCUT2D eigenvalue weighted by Gasteiger charge is 2.19. The van der Waals surface area contributed by atoms with Crippen LogP contribution >= 0.6 is 11.2 Å². The Balaban J connectivity index is 3.68. The molecule has 0 N–H and O–H groups in total. The van der Waals surface area contributed by atoms with Crippen LogP contribution in [0.15, 0.2) is 0 Å². The molecule has 0 bridgehead atoms. The first-order valence-electron chi connectivity index (χ1n) is 3.66. The molecule has 0 saturated heterocycles. The van der Waals surface area contributed by atoms with Crippen molar-refractivity contribution in [2.45, 2.75) is 26.6 Å². The van der Waals surface area contributed by atoms with Crippen LogP contribution in [0.5, 0.6) is 0 Å². The number of esters is 1. The van der Waals surface area contributed by atoms with Crippen molar-refractivity contribution in [1.29, 1.82) is 0 Å². The quantitative estimate of drug-likeness (QED) is 0.520. The monoisotopic (exact) mass is 206 g/mol. The number of carbonyl (C=O) groups excluding carboxylic acids is 2. The van der Waals surface area contributed by atoms with E-state index in [0.717, 1.165) is 0 Å². The van der Waals surface area contributed by atoms with Gasteiger partial charge in [-0.2, -0.15) is 0 Å². The largest absolute Gasteiger partial charge is 0.457 e.